The van der Waals surface area contributed by atoms with Gasteiger partial charge < -0.3 is 10.6 Å². The molecule has 2 rings (SSSR count). The van der Waals surface area contributed by atoms with Crippen LogP contribution in [0, 0.1) is 0 Å². The number of rotatable bonds is 4. The lowest BCUT2D eigenvalue weighted by Gasteiger charge is -2.41. The third-order valence-corrected chi connectivity index (χ3v) is 3.89. The fourth-order valence-electron chi connectivity index (χ4n) is 2.30. The van der Waals surface area contributed by atoms with Gasteiger partial charge >= 0.3 is 0 Å². The van der Waals surface area contributed by atoms with Gasteiger partial charge in [0.05, 0.1) is 10.7 Å². The molecular formula is C14H22ClN3. The van der Waals surface area contributed by atoms with Gasteiger partial charge in [-0.15, -0.1) is 0 Å². The van der Waals surface area contributed by atoms with Gasteiger partial charge in [-0.1, -0.05) is 23.7 Å². The molecule has 3 nitrogen and oxygen atoms in total. The fourth-order valence-corrected chi connectivity index (χ4v) is 2.50. The number of nitrogens with one attached hydrogen (secondary N) is 2. The number of hydrogen-bond acceptors (Lipinski definition) is 3. The van der Waals surface area contributed by atoms with Crippen molar-refractivity contribution in [2.45, 2.75) is 19.4 Å². The zero-order valence-corrected chi connectivity index (χ0v) is 11.9. The van der Waals surface area contributed by atoms with Gasteiger partial charge in [-0.25, -0.2) is 0 Å². The quantitative estimate of drug-likeness (QED) is 0.878. The first-order valence-electron chi connectivity index (χ1n) is 6.54. The van der Waals surface area contributed by atoms with Gasteiger partial charge in [-0.05, 0) is 26.0 Å². The molecule has 0 radical (unpaired) electrons. The average molecular weight is 268 g/mol. The van der Waals surface area contributed by atoms with Crippen LogP contribution in [-0.4, -0.2) is 43.2 Å². The Morgan fingerprint density at radius 1 is 1.28 bits per heavy atom. The van der Waals surface area contributed by atoms with E-state index < -0.39 is 0 Å². The summed E-state index contributed by atoms with van der Waals surface area (Å²) in [5.74, 6) is 0. The van der Waals surface area contributed by atoms with Crippen molar-refractivity contribution in [1.29, 1.82) is 0 Å². The molecule has 0 bridgehead atoms. The second kappa shape index (κ2) is 5.91. The molecule has 1 aliphatic rings. The SMILES string of the molecule is CC(C)(CNc1ccccc1Cl)N1CCNCC1. The van der Waals surface area contributed by atoms with Crippen molar-refractivity contribution in [3.8, 4) is 0 Å². The highest BCUT2D eigenvalue weighted by Crippen LogP contribution is 2.22. The van der Waals surface area contributed by atoms with Crippen LogP contribution in [-0.2, 0) is 0 Å². The molecule has 1 saturated heterocycles. The van der Waals surface area contributed by atoms with Crippen molar-refractivity contribution >= 4 is 17.3 Å². The topological polar surface area (TPSA) is 27.3 Å². The van der Waals surface area contributed by atoms with Crippen molar-refractivity contribution in [1.82, 2.24) is 10.2 Å². The standard InChI is InChI=1S/C14H22ClN3/c1-14(2,18-9-7-16-8-10-18)11-17-13-6-4-3-5-12(13)15/h3-6,16-17H,7-11H2,1-2H3. The first kappa shape index (κ1) is 13.7. The lowest BCUT2D eigenvalue weighted by Crippen LogP contribution is -2.56. The monoisotopic (exact) mass is 267 g/mol. The highest BCUT2D eigenvalue weighted by molar-refractivity contribution is 6.33. The normalized spacial score (nSPS) is 17.7. The van der Waals surface area contributed by atoms with E-state index in [9.17, 15) is 0 Å². The highest BCUT2D eigenvalue weighted by atomic mass is 35.5. The van der Waals surface area contributed by atoms with E-state index >= 15 is 0 Å². The molecular weight excluding hydrogens is 246 g/mol. The van der Waals surface area contributed by atoms with Gasteiger partial charge in [0.15, 0.2) is 0 Å². The zero-order valence-electron chi connectivity index (χ0n) is 11.2. The highest BCUT2D eigenvalue weighted by Gasteiger charge is 2.27. The molecule has 0 spiro atoms. The summed E-state index contributed by atoms with van der Waals surface area (Å²) in [7, 11) is 0. The van der Waals surface area contributed by atoms with Gasteiger partial charge in [-0.2, -0.15) is 0 Å². The molecule has 18 heavy (non-hydrogen) atoms. The summed E-state index contributed by atoms with van der Waals surface area (Å²) in [5.41, 5.74) is 1.16. The zero-order chi connectivity index (χ0) is 13.0. The molecule has 0 amide bonds. The Morgan fingerprint density at radius 3 is 2.61 bits per heavy atom. The molecule has 0 aliphatic carbocycles. The van der Waals surface area contributed by atoms with Crippen LogP contribution >= 0.6 is 11.6 Å². The van der Waals surface area contributed by atoms with Gasteiger partial charge in [0.25, 0.3) is 0 Å². The van der Waals surface area contributed by atoms with Crippen molar-refractivity contribution in [3.05, 3.63) is 29.3 Å². The van der Waals surface area contributed by atoms with Crippen LogP contribution in [0.3, 0.4) is 0 Å². The first-order chi connectivity index (χ1) is 8.59. The van der Waals surface area contributed by atoms with Crippen LogP contribution in [0.15, 0.2) is 24.3 Å². The minimum absolute atomic E-state index is 0.140. The van der Waals surface area contributed by atoms with E-state index in [0.29, 0.717) is 0 Å². The Kier molecular flexibility index (Phi) is 4.49. The summed E-state index contributed by atoms with van der Waals surface area (Å²) >= 11 is 6.15. The predicted octanol–water partition coefficient (Wildman–Crippen LogP) is 2.44. The molecule has 0 aromatic heterocycles. The van der Waals surface area contributed by atoms with Crippen LogP contribution < -0.4 is 10.6 Å². The van der Waals surface area contributed by atoms with Crippen molar-refractivity contribution in [3.63, 3.8) is 0 Å². The maximum atomic E-state index is 6.15. The van der Waals surface area contributed by atoms with E-state index in [0.717, 1.165) is 43.4 Å². The maximum absolute atomic E-state index is 6.15. The van der Waals surface area contributed by atoms with Crippen molar-refractivity contribution in [2.75, 3.05) is 38.0 Å². The molecule has 0 atom stereocenters. The Balaban J connectivity index is 1.94. The molecule has 1 fully saturated rings. The first-order valence-corrected chi connectivity index (χ1v) is 6.91. The van der Waals surface area contributed by atoms with E-state index in [1.165, 1.54) is 0 Å². The van der Waals surface area contributed by atoms with E-state index in [2.05, 4.69) is 29.4 Å². The molecule has 1 heterocycles. The smallest absolute Gasteiger partial charge is 0.0637 e. The number of para-hydroxylation sites is 1. The summed E-state index contributed by atoms with van der Waals surface area (Å²) in [6.07, 6.45) is 0. The summed E-state index contributed by atoms with van der Waals surface area (Å²) in [6, 6.07) is 7.90. The Morgan fingerprint density at radius 2 is 1.94 bits per heavy atom. The number of halogens is 1. The van der Waals surface area contributed by atoms with Crippen LogP contribution in [0.1, 0.15) is 13.8 Å². The second-order valence-electron chi connectivity index (χ2n) is 5.38. The van der Waals surface area contributed by atoms with Crippen molar-refractivity contribution < 1.29 is 0 Å². The lowest BCUT2D eigenvalue weighted by molar-refractivity contribution is 0.114. The minimum Gasteiger partial charge on any atom is -0.382 e. The third-order valence-electron chi connectivity index (χ3n) is 3.56. The van der Waals surface area contributed by atoms with Crippen LogP contribution in [0.25, 0.3) is 0 Å². The summed E-state index contributed by atoms with van der Waals surface area (Å²) < 4.78 is 0. The van der Waals surface area contributed by atoms with Crippen molar-refractivity contribution in [2.24, 2.45) is 0 Å². The summed E-state index contributed by atoms with van der Waals surface area (Å²) in [5, 5.41) is 7.63. The fraction of sp³-hybridized carbons (Fsp3) is 0.571. The number of benzene rings is 1. The van der Waals surface area contributed by atoms with E-state index in [4.69, 9.17) is 11.6 Å². The number of nitrogens with zero attached hydrogens (tertiary/aromatic N) is 1. The number of hydrogen-bond donors (Lipinski definition) is 2. The molecule has 4 heteroatoms. The molecule has 2 N–H and O–H groups in total. The number of anilines is 1. The number of piperazine rings is 1. The Labute approximate surface area is 115 Å². The molecule has 1 aliphatic heterocycles. The summed E-state index contributed by atoms with van der Waals surface area (Å²) in [6.45, 7) is 9.83. The lowest BCUT2D eigenvalue weighted by atomic mass is 10.0. The molecule has 0 unspecified atom stereocenters. The Hall–Kier alpha value is -0.770. The largest absolute Gasteiger partial charge is 0.382 e. The molecule has 0 saturated carbocycles. The third kappa shape index (κ3) is 3.37. The van der Waals surface area contributed by atoms with E-state index in [-0.39, 0.29) is 5.54 Å². The predicted molar refractivity (Wildman–Crippen MR) is 78.5 cm³/mol. The van der Waals surface area contributed by atoms with E-state index in [1.807, 2.05) is 24.3 Å². The maximum Gasteiger partial charge on any atom is 0.0637 e. The Bertz CT molecular complexity index is 386. The summed E-state index contributed by atoms with van der Waals surface area (Å²) in [4.78, 5) is 2.52. The molecule has 100 valence electrons. The second-order valence-corrected chi connectivity index (χ2v) is 5.79. The van der Waals surface area contributed by atoms with Crippen LogP contribution in [0.2, 0.25) is 5.02 Å². The van der Waals surface area contributed by atoms with Crippen LogP contribution in [0.4, 0.5) is 5.69 Å². The van der Waals surface area contributed by atoms with Gasteiger partial charge in [-0.3, -0.25) is 4.90 Å². The molecule has 1 aromatic carbocycles. The molecule has 1 aromatic rings. The van der Waals surface area contributed by atoms with Gasteiger partial charge in [0, 0.05) is 38.3 Å². The van der Waals surface area contributed by atoms with Gasteiger partial charge in [0.2, 0.25) is 0 Å². The average Bonchev–Trinajstić information content (AvgIpc) is 2.39. The van der Waals surface area contributed by atoms with Crippen LogP contribution in [0.5, 0.6) is 0 Å². The van der Waals surface area contributed by atoms with Gasteiger partial charge in [0.1, 0.15) is 0 Å². The minimum atomic E-state index is 0.140. The van der Waals surface area contributed by atoms with E-state index in [1.54, 1.807) is 0 Å².